The van der Waals surface area contributed by atoms with Gasteiger partial charge in [0, 0.05) is 31.1 Å². The lowest BCUT2D eigenvalue weighted by atomic mass is 9.84. The molecule has 1 fully saturated rings. The van der Waals surface area contributed by atoms with Crippen molar-refractivity contribution in [2.24, 2.45) is 5.41 Å². The third-order valence-electron chi connectivity index (χ3n) is 3.85. The zero-order valence-corrected chi connectivity index (χ0v) is 13.8. The Labute approximate surface area is 126 Å². The summed E-state index contributed by atoms with van der Waals surface area (Å²) in [7, 11) is 0. The highest BCUT2D eigenvalue weighted by molar-refractivity contribution is 9.11. The van der Waals surface area contributed by atoms with E-state index in [9.17, 15) is 4.79 Å². The number of rotatable bonds is 2. The van der Waals surface area contributed by atoms with Gasteiger partial charge in [-0.3, -0.25) is 9.69 Å². The molecule has 5 heteroatoms. The van der Waals surface area contributed by atoms with Gasteiger partial charge >= 0.3 is 0 Å². The number of halogens is 1. The third-order valence-corrected chi connectivity index (χ3v) is 5.59. The van der Waals surface area contributed by atoms with Gasteiger partial charge < -0.3 is 4.90 Å². The van der Waals surface area contributed by atoms with Crippen LogP contribution in [0.25, 0.3) is 0 Å². The maximum Gasteiger partial charge on any atom is 0.237 e. The standard InChI is InChI=1S/C14H19BrN2OS/c1-14(2)8-16(9-14)7-13(18)17-4-3-11-10(6-17)5-12(15)19-11/h5H,3-4,6-9H2,1-2H3. The quantitative estimate of drug-likeness (QED) is 0.824. The molecule has 104 valence electrons. The van der Waals surface area contributed by atoms with Crippen LogP contribution in [0, 0.1) is 5.41 Å². The largest absolute Gasteiger partial charge is 0.337 e. The molecule has 0 radical (unpaired) electrons. The van der Waals surface area contributed by atoms with Crippen molar-refractivity contribution in [1.82, 2.24) is 9.80 Å². The smallest absolute Gasteiger partial charge is 0.237 e. The summed E-state index contributed by atoms with van der Waals surface area (Å²) < 4.78 is 1.18. The Hall–Kier alpha value is -0.390. The topological polar surface area (TPSA) is 23.6 Å². The molecule has 0 atom stereocenters. The van der Waals surface area contributed by atoms with E-state index in [2.05, 4.69) is 40.7 Å². The van der Waals surface area contributed by atoms with Crippen LogP contribution in [-0.2, 0) is 17.8 Å². The highest BCUT2D eigenvalue weighted by Gasteiger charge is 2.36. The Kier molecular flexibility index (Phi) is 3.48. The average Bonchev–Trinajstić information content (AvgIpc) is 2.65. The van der Waals surface area contributed by atoms with Gasteiger partial charge in [-0.2, -0.15) is 0 Å². The first-order valence-electron chi connectivity index (χ1n) is 6.70. The molecule has 3 heterocycles. The number of likely N-dealkylation sites (tertiary alicyclic amines) is 1. The van der Waals surface area contributed by atoms with Crippen molar-refractivity contribution in [1.29, 1.82) is 0 Å². The molecule has 1 aromatic rings. The molecule has 2 aliphatic rings. The molecule has 3 nitrogen and oxygen atoms in total. The van der Waals surface area contributed by atoms with Gasteiger partial charge in [-0.25, -0.2) is 0 Å². The zero-order valence-electron chi connectivity index (χ0n) is 11.4. The lowest BCUT2D eigenvalue weighted by Gasteiger charge is -2.46. The Balaban J connectivity index is 1.57. The molecule has 0 bridgehead atoms. The predicted molar refractivity (Wildman–Crippen MR) is 81.4 cm³/mol. The molecule has 0 N–H and O–H groups in total. The van der Waals surface area contributed by atoms with Crippen LogP contribution in [0.2, 0.25) is 0 Å². The van der Waals surface area contributed by atoms with Crippen molar-refractivity contribution in [2.75, 3.05) is 26.2 Å². The summed E-state index contributed by atoms with van der Waals surface area (Å²) in [6.07, 6.45) is 1.00. The molecule has 2 aliphatic heterocycles. The van der Waals surface area contributed by atoms with E-state index in [4.69, 9.17) is 0 Å². The van der Waals surface area contributed by atoms with Crippen molar-refractivity contribution >= 4 is 33.2 Å². The van der Waals surface area contributed by atoms with Gasteiger partial charge in [0.1, 0.15) is 0 Å². The molecule has 0 aromatic carbocycles. The van der Waals surface area contributed by atoms with Crippen LogP contribution in [0.5, 0.6) is 0 Å². The minimum atomic E-state index is 0.281. The van der Waals surface area contributed by atoms with Crippen LogP contribution < -0.4 is 0 Å². The molecule has 1 amide bonds. The van der Waals surface area contributed by atoms with Crippen LogP contribution in [0.3, 0.4) is 0 Å². The lowest BCUT2D eigenvalue weighted by molar-refractivity contribution is -0.136. The lowest BCUT2D eigenvalue weighted by Crippen LogP contribution is -2.56. The normalized spacial score (nSPS) is 21.9. The molecular weight excluding hydrogens is 324 g/mol. The molecule has 19 heavy (non-hydrogen) atoms. The van der Waals surface area contributed by atoms with Gasteiger partial charge in [0.05, 0.1) is 10.3 Å². The molecule has 0 spiro atoms. The number of fused-ring (bicyclic) bond motifs is 1. The van der Waals surface area contributed by atoms with E-state index in [0.717, 1.165) is 32.6 Å². The molecule has 1 saturated heterocycles. The molecule has 0 unspecified atom stereocenters. The van der Waals surface area contributed by atoms with E-state index in [-0.39, 0.29) is 5.91 Å². The summed E-state index contributed by atoms with van der Waals surface area (Å²) >= 11 is 5.33. The summed E-state index contributed by atoms with van der Waals surface area (Å²) in [5.74, 6) is 0.281. The van der Waals surface area contributed by atoms with E-state index < -0.39 is 0 Å². The molecule has 0 saturated carbocycles. The second kappa shape index (κ2) is 4.86. The highest BCUT2D eigenvalue weighted by atomic mass is 79.9. The van der Waals surface area contributed by atoms with Crippen LogP contribution in [0.15, 0.2) is 9.85 Å². The van der Waals surface area contributed by atoms with Gasteiger partial charge in [-0.15, -0.1) is 11.3 Å². The first kappa shape index (κ1) is 13.6. The summed E-state index contributed by atoms with van der Waals surface area (Å²) in [4.78, 5) is 18.0. The fourth-order valence-electron chi connectivity index (χ4n) is 3.08. The highest BCUT2D eigenvalue weighted by Crippen LogP contribution is 2.32. The SMILES string of the molecule is CC1(C)CN(CC(=O)N2CCc3sc(Br)cc3C2)C1. The van der Waals surface area contributed by atoms with E-state index in [1.165, 1.54) is 14.2 Å². The first-order chi connectivity index (χ1) is 8.93. The van der Waals surface area contributed by atoms with Gasteiger partial charge in [0.15, 0.2) is 0 Å². The summed E-state index contributed by atoms with van der Waals surface area (Å²) in [5.41, 5.74) is 1.72. The number of carbonyl (C=O) groups is 1. The molecule has 1 aromatic heterocycles. The van der Waals surface area contributed by atoms with Crippen molar-refractivity contribution < 1.29 is 4.79 Å². The number of thiophene rings is 1. The van der Waals surface area contributed by atoms with Gasteiger partial charge in [-0.1, -0.05) is 13.8 Å². The van der Waals surface area contributed by atoms with Crippen LogP contribution in [-0.4, -0.2) is 41.9 Å². The number of amides is 1. The van der Waals surface area contributed by atoms with E-state index in [0.29, 0.717) is 12.0 Å². The van der Waals surface area contributed by atoms with Crippen molar-refractivity contribution in [2.45, 2.75) is 26.8 Å². The van der Waals surface area contributed by atoms with Crippen LogP contribution in [0.1, 0.15) is 24.3 Å². The fourth-order valence-corrected chi connectivity index (χ4v) is 4.82. The van der Waals surface area contributed by atoms with Crippen molar-refractivity contribution in [3.63, 3.8) is 0 Å². The fraction of sp³-hybridized carbons (Fsp3) is 0.643. The van der Waals surface area contributed by atoms with E-state index >= 15 is 0 Å². The minimum Gasteiger partial charge on any atom is -0.337 e. The maximum atomic E-state index is 12.3. The van der Waals surface area contributed by atoms with Crippen molar-refractivity contribution in [3.05, 3.63) is 20.3 Å². The van der Waals surface area contributed by atoms with Crippen LogP contribution >= 0.6 is 27.3 Å². The monoisotopic (exact) mass is 342 g/mol. The van der Waals surface area contributed by atoms with E-state index in [1.807, 2.05) is 4.90 Å². The molecule has 3 rings (SSSR count). The van der Waals surface area contributed by atoms with Gasteiger partial charge in [0.25, 0.3) is 0 Å². The maximum absolute atomic E-state index is 12.3. The number of nitrogens with zero attached hydrogens (tertiary/aromatic N) is 2. The second-order valence-electron chi connectivity index (χ2n) is 6.37. The average molecular weight is 343 g/mol. The zero-order chi connectivity index (χ0) is 13.6. The summed E-state index contributed by atoms with van der Waals surface area (Å²) in [5, 5.41) is 0. The molecular formula is C14H19BrN2OS. The van der Waals surface area contributed by atoms with E-state index in [1.54, 1.807) is 11.3 Å². The summed E-state index contributed by atoms with van der Waals surface area (Å²) in [6.45, 7) is 8.84. The Morgan fingerprint density at radius 1 is 1.47 bits per heavy atom. The van der Waals surface area contributed by atoms with Crippen LogP contribution in [0.4, 0.5) is 0 Å². The Bertz CT molecular complexity index is 504. The van der Waals surface area contributed by atoms with Gasteiger partial charge in [-0.05, 0) is 39.4 Å². The summed E-state index contributed by atoms with van der Waals surface area (Å²) in [6, 6.07) is 2.16. The minimum absolute atomic E-state index is 0.281. The molecule has 0 aliphatic carbocycles. The Morgan fingerprint density at radius 2 is 2.21 bits per heavy atom. The number of hydrogen-bond donors (Lipinski definition) is 0. The van der Waals surface area contributed by atoms with Crippen molar-refractivity contribution in [3.8, 4) is 0 Å². The number of hydrogen-bond acceptors (Lipinski definition) is 3. The second-order valence-corrected chi connectivity index (χ2v) is 8.89. The Morgan fingerprint density at radius 3 is 2.89 bits per heavy atom. The first-order valence-corrected chi connectivity index (χ1v) is 8.31. The number of carbonyl (C=O) groups excluding carboxylic acids is 1. The third kappa shape index (κ3) is 2.88. The predicted octanol–water partition coefficient (Wildman–Crippen LogP) is 2.74. The van der Waals surface area contributed by atoms with Gasteiger partial charge in [0.2, 0.25) is 5.91 Å².